The van der Waals surface area contributed by atoms with Crippen LogP contribution in [0.15, 0.2) is 73.3 Å². The lowest BCUT2D eigenvalue weighted by Crippen LogP contribution is -2.20. The average Bonchev–Trinajstić information content (AvgIpc) is 3.28. The van der Waals surface area contributed by atoms with E-state index < -0.39 is 0 Å². The average molecular weight is 341 g/mol. The summed E-state index contributed by atoms with van der Waals surface area (Å²) in [5.74, 6) is 1.02. The molecule has 2 aromatic carbocycles. The second-order valence-corrected chi connectivity index (χ2v) is 6.83. The van der Waals surface area contributed by atoms with E-state index in [-0.39, 0.29) is 6.10 Å². The van der Waals surface area contributed by atoms with Crippen molar-refractivity contribution in [3.63, 3.8) is 0 Å². The quantitative estimate of drug-likeness (QED) is 0.564. The molecule has 0 saturated heterocycles. The molecule has 0 N–H and O–H groups in total. The lowest BCUT2D eigenvalue weighted by Gasteiger charge is -2.14. The van der Waals surface area contributed by atoms with Crippen molar-refractivity contribution in [3.8, 4) is 17.1 Å². The standard InChI is InChI=1S/C22H19N3O/c1-2-4-16(5-3-1)10-17-6-7-22-18(11-17)12-19(26-22)13-25-9-8-20-21(14-25)24-15-23-20/h1-9,11,14-15,19H,10,12-13H2. The molecule has 26 heavy (non-hydrogen) atoms. The highest BCUT2D eigenvalue weighted by atomic mass is 16.5. The van der Waals surface area contributed by atoms with E-state index in [4.69, 9.17) is 4.74 Å². The SMILES string of the molecule is c1ccc(Cc2ccc3c(c2)CC(Cn2ccc4ncnc-4c2)O3)cc1. The summed E-state index contributed by atoms with van der Waals surface area (Å²) in [5, 5.41) is 0. The molecular formula is C22H19N3O. The topological polar surface area (TPSA) is 39.9 Å². The van der Waals surface area contributed by atoms with Crippen LogP contribution in [-0.4, -0.2) is 20.6 Å². The normalized spacial score (nSPS) is 15.8. The Hall–Kier alpha value is -3.14. The summed E-state index contributed by atoms with van der Waals surface area (Å²) in [7, 11) is 0. The first kappa shape index (κ1) is 15.1. The molecule has 0 saturated carbocycles. The van der Waals surface area contributed by atoms with Gasteiger partial charge in [-0.05, 0) is 35.2 Å². The molecule has 3 aliphatic heterocycles. The molecule has 4 nitrogen and oxygen atoms in total. The summed E-state index contributed by atoms with van der Waals surface area (Å²) < 4.78 is 8.29. The second-order valence-electron chi connectivity index (χ2n) is 6.83. The molecule has 0 aliphatic carbocycles. The lowest BCUT2D eigenvalue weighted by atomic mass is 10.0. The highest BCUT2D eigenvalue weighted by molar-refractivity contribution is 5.53. The fourth-order valence-electron chi connectivity index (χ4n) is 3.65. The van der Waals surface area contributed by atoms with Crippen molar-refractivity contribution in [1.29, 1.82) is 0 Å². The van der Waals surface area contributed by atoms with Gasteiger partial charge in [0.05, 0.1) is 12.2 Å². The molecule has 0 aromatic heterocycles. The number of benzene rings is 2. The molecule has 3 aliphatic rings. The molecule has 0 bridgehead atoms. The largest absolute Gasteiger partial charge is 0.488 e. The number of hydrogen-bond acceptors (Lipinski definition) is 3. The van der Waals surface area contributed by atoms with Crippen LogP contribution in [0.1, 0.15) is 16.7 Å². The zero-order valence-corrected chi connectivity index (χ0v) is 14.4. The van der Waals surface area contributed by atoms with E-state index in [1.54, 1.807) is 6.33 Å². The first-order valence-corrected chi connectivity index (χ1v) is 8.92. The smallest absolute Gasteiger partial charge is 0.123 e. The van der Waals surface area contributed by atoms with Gasteiger partial charge in [0.1, 0.15) is 23.9 Å². The molecule has 1 unspecified atom stereocenters. The molecule has 0 amide bonds. The maximum Gasteiger partial charge on any atom is 0.123 e. The fourth-order valence-corrected chi connectivity index (χ4v) is 3.65. The Morgan fingerprint density at radius 3 is 2.77 bits per heavy atom. The van der Waals surface area contributed by atoms with Crippen LogP contribution in [-0.2, 0) is 19.4 Å². The number of ether oxygens (including phenoxy) is 1. The van der Waals surface area contributed by atoms with Gasteiger partial charge in [0, 0.05) is 18.8 Å². The number of imidazole rings is 1. The predicted molar refractivity (Wildman–Crippen MR) is 100 cm³/mol. The number of fused-ring (bicyclic) bond motifs is 2. The highest BCUT2D eigenvalue weighted by Crippen LogP contribution is 2.31. The number of hydrogen-bond donors (Lipinski definition) is 0. The summed E-state index contributed by atoms with van der Waals surface area (Å²) in [6.07, 6.45) is 7.74. The maximum absolute atomic E-state index is 6.15. The third kappa shape index (κ3) is 2.94. The Bertz CT molecular complexity index is 1010. The summed E-state index contributed by atoms with van der Waals surface area (Å²) in [6.45, 7) is 0.811. The summed E-state index contributed by atoms with van der Waals surface area (Å²) >= 11 is 0. The Morgan fingerprint density at radius 1 is 0.962 bits per heavy atom. The van der Waals surface area contributed by atoms with Gasteiger partial charge >= 0.3 is 0 Å². The van der Waals surface area contributed by atoms with Gasteiger partial charge in [-0.15, -0.1) is 0 Å². The van der Waals surface area contributed by atoms with Crippen LogP contribution in [0, 0.1) is 0 Å². The Kier molecular flexibility index (Phi) is 3.67. The zero-order chi connectivity index (χ0) is 17.3. The van der Waals surface area contributed by atoms with Crippen LogP contribution in [0.4, 0.5) is 0 Å². The minimum absolute atomic E-state index is 0.155. The fraction of sp³-hybridized carbons (Fsp3) is 0.182. The van der Waals surface area contributed by atoms with Gasteiger partial charge < -0.3 is 9.30 Å². The summed E-state index contributed by atoms with van der Waals surface area (Å²) in [5.41, 5.74) is 5.83. The van der Waals surface area contributed by atoms with Crippen LogP contribution in [0.2, 0.25) is 0 Å². The van der Waals surface area contributed by atoms with Crippen molar-refractivity contribution in [2.24, 2.45) is 0 Å². The number of rotatable bonds is 4. The third-order valence-electron chi connectivity index (χ3n) is 4.90. The molecule has 0 fully saturated rings. The Labute approximate surface area is 152 Å². The molecule has 128 valence electrons. The van der Waals surface area contributed by atoms with Gasteiger partial charge in [-0.25, -0.2) is 9.97 Å². The van der Waals surface area contributed by atoms with E-state index in [1.807, 2.05) is 18.5 Å². The van der Waals surface area contributed by atoms with Gasteiger partial charge in [0.15, 0.2) is 0 Å². The minimum atomic E-state index is 0.155. The number of nitrogens with zero attached hydrogens (tertiary/aromatic N) is 3. The molecule has 2 aromatic rings. The van der Waals surface area contributed by atoms with E-state index >= 15 is 0 Å². The monoisotopic (exact) mass is 341 g/mol. The molecular weight excluding hydrogens is 322 g/mol. The molecule has 0 radical (unpaired) electrons. The summed E-state index contributed by atoms with van der Waals surface area (Å²) in [4.78, 5) is 8.48. The van der Waals surface area contributed by atoms with Gasteiger partial charge in [-0.3, -0.25) is 0 Å². The zero-order valence-electron chi connectivity index (χ0n) is 14.4. The van der Waals surface area contributed by atoms with E-state index in [0.717, 1.165) is 36.5 Å². The van der Waals surface area contributed by atoms with Gasteiger partial charge in [0.25, 0.3) is 0 Å². The number of aromatic nitrogens is 3. The molecule has 3 heterocycles. The number of pyridine rings is 1. The maximum atomic E-state index is 6.15. The molecule has 0 spiro atoms. The van der Waals surface area contributed by atoms with Crippen LogP contribution in [0.5, 0.6) is 5.75 Å². The van der Waals surface area contributed by atoms with Crippen molar-refractivity contribution >= 4 is 0 Å². The predicted octanol–water partition coefficient (Wildman–Crippen LogP) is 3.98. The van der Waals surface area contributed by atoms with Crippen LogP contribution >= 0.6 is 0 Å². The Balaban J connectivity index is 1.31. The van der Waals surface area contributed by atoms with Crippen LogP contribution in [0.3, 0.4) is 0 Å². The van der Waals surface area contributed by atoms with Crippen molar-refractivity contribution < 1.29 is 4.74 Å². The van der Waals surface area contributed by atoms with Crippen molar-refractivity contribution in [1.82, 2.24) is 14.5 Å². The van der Waals surface area contributed by atoms with E-state index in [0.29, 0.717) is 0 Å². The van der Waals surface area contributed by atoms with E-state index in [2.05, 4.69) is 63.1 Å². The van der Waals surface area contributed by atoms with Gasteiger partial charge in [-0.2, -0.15) is 0 Å². The van der Waals surface area contributed by atoms with E-state index in [9.17, 15) is 0 Å². The highest BCUT2D eigenvalue weighted by Gasteiger charge is 2.23. The third-order valence-corrected chi connectivity index (χ3v) is 4.90. The first-order valence-electron chi connectivity index (χ1n) is 8.92. The lowest BCUT2D eigenvalue weighted by molar-refractivity contribution is 0.209. The van der Waals surface area contributed by atoms with Crippen LogP contribution in [0.25, 0.3) is 11.4 Å². The van der Waals surface area contributed by atoms with Gasteiger partial charge in [0.2, 0.25) is 0 Å². The second kappa shape index (κ2) is 6.30. The van der Waals surface area contributed by atoms with Crippen molar-refractivity contribution in [2.75, 3.05) is 0 Å². The first-order chi connectivity index (χ1) is 12.8. The van der Waals surface area contributed by atoms with Gasteiger partial charge in [-0.1, -0.05) is 42.5 Å². The molecule has 1 atom stereocenters. The molecule has 4 heteroatoms. The van der Waals surface area contributed by atoms with Crippen molar-refractivity contribution in [2.45, 2.75) is 25.5 Å². The Morgan fingerprint density at radius 2 is 1.85 bits per heavy atom. The molecule has 5 rings (SSSR count). The van der Waals surface area contributed by atoms with E-state index in [1.165, 1.54) is 16.7 Å². The summed E-state index contributed by atoms with van der Waals surface area (Å²) in [6, 6.07) is 19.2. The van der Waals surface area contributed by atoms with Crippen molar-refractivity contribution in [3.05, 3.63) is 90.0 Å². The minimum Gasteiger partial charge on any atom is -0.488 e. The van der Waals surface area contributed by atoms with Crippen LogP contribution < -0.4 is 4.74 Å².